The fourth-order valence-electron chi connectivity index (χ4n) is 2.79. The van der Waals surface area contributed by atoms with Crippen molar-refractivity contribution in [1.29, 1.82) is 0 Å². The lowest BCUT2D eigenvalue weighted by molar-refractivity contribution is -0.116. The van der Waals surface area contributed by atoms with E-state index in [1.807, 2.05) is 31.2 Å². The number of hydrogen-bond donors (Lipinski definition) is 3. The molecule has 2 aromatic rings. The van der Waals surface area contributed by atoms with E-state index in [-0.39, 0.29) is 11.8 Å². The lowest BCUT2D eigenvalue weighted by Crippen LogP contribution is -2.22. The second-order valence-electron chi connectivity index (χ2n) is 6.01. The number of benzene rings is 2. The minimum Gasteiger partial charge on any atom is -0.399 e. The van der Waals surface area contributed by atoms with Gasteiger partial charge in [0.15, 0.2) is 0 Å². The molecule has 25 heavy (non-hydrogen) atoms. The van der Waals surface area contributed by atoms with Gasteiger partial charge in [0, 0.05) is 48.0 Å². The Morgan fingerprint density at radius 2 is 1.80 bits per heavy atom. The molecule has 0 spiro atoms. The summed E-state index contributed by atoms with van der Waals surface area (Å²) >= 11 is 0. The molecule has 1 aliphatic heterocycles. The summed E-state index contributed by atoms with van der Waals surface area (Å²) in [6.07, 6.45) is 0. The van der Waals surface area contributed by atoms with Crippen LogP contribution >= 0.6 is 0 Å². The highest BCUT2D eigenvalue weighted by Gasteiger charge is 2.26. The van der Waals surface area contributed by atoms with Crippen molar-refractivity contribution in [2.75, 3.05) is 28.3 Å². The molecule has 128 valence electrons. The van der Waals surface area contributed by atoms with Crippen LogP contribution in [0.3, 0.4) is 0 Å². The van der Waals surface area contributed by atoms with E-state index in [0.717, 1.165) is 28.3 Å². The van der Waals surface area contributed by atoms with Crippen LogP contribution < -0.4 is 21.3 Å². The van der Waals surface area contributed by atoms with E-state index >= 15 is 0 Å². The van der Waals surface area contributed by atoms with E-state index < -0.39 is 0 Å². The molecule has 2 amide bonds. The van der Waals surface area contributed by atoms with Gasteiger partial charge in [0.1, 0.15) is 0 Å². The summed E-state index contributed by atoms with van der Waals surface area (Å²) in [7, 11) is 1.72. The first-order valence-corrected chi connectivity index (χ1v) is 7.90. The first kappa shape index (κ1) is 16.6. The number of rotatable bonds is 3. The van der Waals surface area contributed by atoms with Crippen LogP contribution in [-0.2, 0) is 9.59 Å². The molecule has 0 atom stereocenters. The average molecular weight is 336 g/mol. The van der Waals surface area contributed by atoms with Crippen LogP contribution in [0.2, 0.25) is 0 Å². The third-order valence-corrected chi connectivity index (χ3v) is 4.22. The van der Waals surface area contributed by atoms with Crippen LogP contribution in [0.1, 0.15) is 19.4 Å². The molecule has 6 heteroatoms. The highest BCUT2D eigenvalue weighted by molar-refractivity contribution is 6.32. The zero-order chi connectivity index (χ0) is 18.1. The number of nitrogen functional groups attached to an aromatic ring is 1. The molecule has 0 aromatic heterocycles. The maximum atomic E-state index is 12.3. The normalized spacial score (nSPS) is 14.6. The van der Waals surface area contributed by atoms with Gasteiger partial charge in [-0.3, -0.25) is 9.59 Å². The zero-order valence-electron chi connectivity index (χ0n) is 14.4. The van der Waals surface area contributed by atoms with Gasteiger partial charge in [0.05, 0.1) is 5.57 Å². The summed E-state index contributed by atoms with van der Waals surface area (Å²) in [5, 5.41) is 6.09. The number of carbonyl (C=O) groups is 2. The van der Waals surface area contributed by atoms with Gasteiger partial charge in [-0.2, -0.15) is 0 Å². The first-order chi connectivity index (χ1) is 11.9. The second kappa shape index (κ2) is 6.32. The second-order valence-corrected chi connectivity index (χ2v) is 6.01. The zero-order valence-corrected chi connectivity index (χ0v) is 14.4. The molecule has 0 saturated heterocycles. The first-order valence-electron chi connectivity index (χ1n) is 7.90. The number of nitrogens with one attached hydrogen (secondary N) is 2. The molecule has 2 aromatic carbocycles. The Bertz CT molecular complexity index is 885. The average Bonchev–Trinajstić information content (AvgIpc) is 2.89. The van der Waals surface area contributed by atoms with E-state index in [4.69, 9.17) is 5.73 Å². The van der Waals surface area contributed by atoms with Crippen LogP contribution in [-0.4, -0.2) is 18.9 Å². The van der Waals surface area contributed by atoms with E-state index in [0.29, 0.717) is 11.3 Å². The summed E-state index contributed by atoms with van der Waals surface area (Å²) in [4.78, 5) is 25.3. The monoisotopic (exact) mass is 336 g/mol. The highest BCUT2D eigenvalue weighted by atomic mass is 16.2. The Labute approximate surface area is 146 Å². The maximum absolute atomic E-state index is 12.3. The van der Waals surface area contributed by atoms with Crippen molar-refractivity contribution in [3.05, 3.63) is 53.7 Å². The minimum absolute atomic E-state index is 0.0316. The summed E-state index contributed by atoms with van der Waals surface area (Å²) in [6, 6.07) is 12.8. The Morgan fingerprint density at radius 1 is 1.12 bits per heavy atom. The lowest BCUT2D eigenvalue weighted by atomic mass is 10.0. The van der Waals surface area contributed by atoms with Gasteiger partial charge < -0.3 is 21.3 Å². The van der Waals surface area contributed by atoms with Gasteiger partial charge in [-0.1, -0.05) is 0 Å². The van der Waals surface area contributed by atoms with E-state index in [1.165, 1.54) is 6.92 Å². The minimum atomic E-state index is -0.154. The fraction of sp³-hybridized carbons (Fsp3) is 0.158. The van der Waals surface area contributed by atoms with Gasteiger partial charge in [-0.15, -0.1) is 0 Å². The number of nitrogens with two attached hydrogens (primary N) is 1. The van der Waals surface area contributed by atoms with E-state index in [9.17, 15) is 9.59 Å². The predicted molar refractivity (Wildman–Crippen MR) is 101 cm³/mol. The molecule has 0 saturated carbocycles. The highest BCUT2D eigenvalue weighted by Crippen LogP contribution is 2.35. The molecule has 0 fully saturated rings. The van der Waals surface area contributed by atoms with Crippen molar-refractivity contribution in [3.8, 4) is 0 Å². The topological polar surface area (TPSA) is 87.5 Å². The summed E-state index contributed by atoms with van der Waals surface area (Å²) in [5.41, 5.74) is 10.9. The Morgan fingerprint density at radius 3 is 2.44 bits per heavy atom. The van der Waals surface area contributed by atoms with Crippen molar-refractivity contribution in [1.82, 2.24) is 0 Å². The molecule has 0 aliphatic carbocycles. The third kappa shape index (κ3) is 3.19. The lowest BCUT2D eigenvalue weighted by Gasteiger charge is -2.16. The standard InChI is InChI=1S/C19H20N4O2/c1-11(18-16-10-13(20)4-9-17(16)22-19(18)25)21-14-5-7-15(8-6-14)23(3)12(2)24/h4-10,21H,20H2,1-3H3,(H,22,25). The molecule has 0 unspecified atom stereocenters. The molecule has 3 rings (SSSR count). The fourth-order valence-corrected chi connectivity index (χ4v) is 2.79. The molecular formula is C19H20N4O2. The molecule has 0 bridgehead atoms. The summed E-state index contributed by atoms with van der Waals surface area (Å²) in [6.45, 7) is 3.37. The van der Waals surface area contributed by atoms with Crippen LogP contribution in [0.5, 0.6) is 0 Å². The number of anilines is 4. The van der Waals surface area contributed by atoms with E-state index in [1.54, 1.807) is 30.1 Å². The quantitative estimate of drug-likeness (QED) is 0.594. The van der Waals surface area contributed by atoms with Crippen LogP contribution in [0.25, 0.3) is 5.57 Å². The molecule has 4 N–H and O–H groups in total. The van der Waals surface area contributed by atoms with Gasteiger partial charge in [-0.25, -0.2) is 0 Å². The van der Waals surface area contributed by atoms with E-state index in [2.05, 4.69) is 10.6 Å². The molecular weight excluding hydrogens is 316 g/mol. The van der Waals surface area contributed by atoms with Crippen LogP contribution in [0, 0.1) is 0 Å². The van der Waals surface area contributed by atoms with Crippen molar-refractivity contribution in [2.24, 2.45) is 0 Å². The Hall–Kier alpha value is -3.28. The van der Waals surface area contributed by atoms with Crippen molar-refractivity contribution >= 4 is 40.1 Å². The Kier molecular flexibility index (Phi) is 4.19. The number of fused-ring (bicyclic) bond motifs is 1. The summed E-state index contributed by atoms with van der Waals surface area (Å²) < 4.78 is 0. The smallest absolute Gasteiger partial charge is 0.258 e. The van der Waals surface area contributed by atoms with Crippen molar-refractivity contribution in [3.63, 3.8) is 0 Å². The van der Waals surface area contributed by atoms with Gasteiger partial charge in [0.25, 0.3) is 5.91 Å². The summed E-state index contributed by atoms with van der Waals surface area (Å²) in [5.74, 6) is -0.186. The number of carbonyl (C=O) groups excluding carboxylic acids is 2. The van der Waals surface area contributed by atoms with Gasteiger partial charge >= 0.3 is 0 Å². The molecule has 1 heterocycles. The van der Waals surface area contributed by atoms with Crippen molar-refractivity contribution in [2.45, 2.75) is 13.8 Å². The number of allylic oxidation sites excluding steroid dienone is 1. The number of nitrogens with zero attached hydrogens (tertiary/aromatic N) is 1. The molecule has 0 radical (unpaired) electrons. The molecule has 6 nitrogen and oxygen atoms in total. The SMILES string of the molecule is CC(=O)N(C)c1ccc(NC(C)=C2C(=O)Nc3ccc(N)cc32)cc1. The maximum Gasteiger partial charge on any atom is 0.258 e. The van der Waals surface area contributed by atoms with Crippen molar-refractivity contribution < 1.29 is 9.59 Å². The third-order valence-electron chi connectivity index (χ3n) is 4.22. The largest absolute Gasteiger partial charge is 0.399 e. The predicted octanol–water partition coefficient (Wildman–Crippen LogP) is 3.05. The number of hydrogen-bond acceptors (Lipinski definition) is 4. The molecule has 1 aliphatic rings. The Balaban J connectivity index is 1.88. The number of amides is 2. The van der Waals surface area contributed by atoms with Gasteiger partial charge in [0.2, 0.25) is 5.91 Å². The van der Waals surface area contributed by atoms with Crippen LogP contribution in [0.4, 0.5) is 22.7 Å². The van der Waals surface area contributed by atoms with Gasteiger partial charge in [-0.05, 0) is 49.4 Å². The van der Waals surface area contributed by atoms with Crippen LogP contribution in [0.15, 0.2) is 48.2 Å².